The van der Waals surface area contributed by atoms with Gasteiger partial charge in [0.2, 0.25) is 5.91 Å². The molecule has 154 valence electrons. The molecule has 0 atom stereocenters. The van der Waals surface area contributed by atoms with Gasteiger partial charge in [-0.25, -0.2) is 14.4 Å². The van der Waals surface area contributed by atoms with Crippen molar-refractivity contribution in [3.63, 3.8) is 0 Å². The van der Waals surface area contributed by atoms with E-state index in [4.69, 9.17) is 0 Å². The summed E-state index contributed by atoms with van der Waals surface area (Å²) in [6, 6.07) is 2.06. The topological polar surface area (TPSA) is 63.1 Å². The van der Waals surface area contributed by atoms with Crippen molar-refractivity contribution in [3.8, 4) is 0 Å². The highest BCUT2D eigenvalue weighted by Crippen LogP contribution is 2.35. The number of imidazole rings is 1. The molecule has 0 aliphatic rings. The highest BCUT2D eigenvalue weighted by atomic mass is 19.4. The van der Waals surface area contributed by atoms with Crippen molar-refractivity contribution in [2.75, 3.05) is 19.4 Å². The Kier molecular flexibility index (Phi) is 5.20. The standard InChI is InChI=1S/C19H19F4N5O/c1-10-5-12(19(21,22)23)6-11(2)15(10)26-18-16-17(13(20)7-24-18)28(9-25-16)8-14(29)27(3)4/h5-7,9H,8H2,1-4H3,(H,24,26). The van der Waals surface area contributed by atoms with Crippen LogP contribution in [0.5, 0.6) is 0 Å². The van der Waals surface area contributed by atoms with Crippen LogP contribution in [0.15, 0.2) is 24.7 Å². The van der Waals surface area contributed by atoms with Crippen molar-refractivity contribution in [1.29, 1.82) is 0 Å². The molecule has 0 radical (unpaired) electrons. The summed E-state index contributed by atoms with van der Waals surface area (Å²) in [6.07, 6.45) is -2.14. The SMILES string of the molecule is Cc1cc(C(F)(F)F)cc(C)c1Nc1ncc(F)c2c1ncn2CC(=O)N(C)C. The molecule has 0 aliphatic carbocycles. The third-order valence-corrected chi connectivity index (χ3v) is 4.50. The quantitative estimate of drug-likeness (QED) is 0.661. The highest BCUT2D eigenvalue weighted by Gasteiger charge is 2.31. The van der Waals surface area contributed by atoms with Gasteiger partial charge in [-0.1, -0.05) is 0 Å². The number of benzene rings is 1. The van der Waals surface area contributed by atoms with Crippen molar-refractivity contribution < 1.29 is 22.4 Å². The van der Waals surface area contributed by atoms with Gasteiger partial charge in [-0.2, -0.15) is 13.2 Å². The van der Waals surface area contributed by atoms with Gasteiger partial charge in [0.15, 0.2) is 11.6 Å². The average molecular weight is 409 g/mol. The highest BCUT2D eigenvalue weighted by molar-refractivity contribution is 5.90. The van der Waals surface area contributed by atoms with Gasteiger partial charge in [-0.15, -0.1) is 0 Å². The Labute approximate surface area is 164 Å². The smallest absolute Gasteiger partial charge is 0.347 e. The molecule has 2 aromatic heterocycles. The summed E-state index contributed by atoms with van der Waals surface area (Å²) in [5.74, 6) is -0.719. The summed E-state index contributed by atoms with van der Waals surface area (Å²) in [5.41, 5.74) is 0.659. The lowest BCUT2D eigenvalue weighted by Crippen LogP contribution is -2.26. The van der Waals surface area contributed by atoms with Crippen molar-refractivity contribution in [2.45, 2.75) is 26.6 Å². The van der Waals surface area contributed by atoms with Gasteiger partial charge < -0.3 is 14.8 Å². The number of nitrogens with one attached hydrogen (secondary N) is 1. The third kappa shape index (κ3) is 4.01. The van der Waals surface area contributed by atoms with Crippen LogP contribution in [0.3, 0.4) is 0 Å². The molecule has 3 rings (SSSR count). The minimum absolute atomic E-state index is 0.0833. The van der Waals surface area contributed by atoms with E-state index in [-0.39, 0.29) is 29.3 Å². The van der Waals surface area contributed by atoms with Crippen molar-refractivity contribution in [3.05, 3.63) is 47.2 Å². The van der Waals surface area contributed by atoms with E-state index in [1.54, 1.807) is 27.9 Å². The number of nitrogens with zero attached hydrogens (tertiary/aromatic N) is 4. The maximum atomic E-state index is 14.4. The predicted octanol–water partition coefficient (Wildman–Crippen LogP) is 4.04. The number of pyridine rings is 1. The fourth-order valence-corrected chi connectivity index (χ4v) is 2.99. The lowest BCUT2D eigenvalue weighted by atomic mass is 10.0. The Bertz CT molecular complexity index is 1070. The van der Waals surface area contributed by atoms with Gasteiger partial charge >= 0.3 is 6.18 Å². The normalized spacial score (nSPS) is 11.7. The number of carbonyl (C=O) groups excluding carboxylic acids is 1. The van der Waals surface area contributed by atoms with Gasteiger partial charge in [-0.3, -0.25) is 4.79 Å². The molecule has 1 aromatic carbocycles. The number of fused-ring (bicyclic) bond motifs is 1. The number of carbonyl (C=O) groups is 1. The Morgan fingerprint density at radius 2 is 1.79 bits per heavy atom. The third-order valence-electron chi connectivity index (χ3n) is 4.50. The van der Waals surface area contributed by atoms with Crippen LogP contribution >= 0.6 is 0 Å². The molecular formula is C19H19F4N5O. The molecule has 0 saturated carbocycles. The van der Waals surface area contributed by atoms with Crippen LogP contribution in [0.2, 0.25) is 0 Å². The minimum Gasteiger partial charge on any atom is -0.347 e. The summed E-state index contributed by atoms with van der Waals surface area (Å²) in [4.78, 5) is 21.5. The lowest BCUT2D eigenvalue weighted by molar-refractivity contribution is -0.137. The van der Waals surface area contributed by atoms with E-state index in [9.17, 15) is 22.4 Å². The first-order valence-corrected chi connectivity index (χ1v) is 8.64. The molecule has 0 unspecified atom stereocenters. The Hall–Kier alpha value is -3.17. The van der Waals surface area contributed by atoms with Crippen LogP contribution in [0, 0.1) is 19.7 Å². The predicted molar refractivity (Wildman–Crippen MR) is 100 cm³/mol. The van der Waals surface area contributed by atoms with Gasteiger partial charge in [0.05, 0.1) is 18.1 Å². The van der Waals surface area contributed by atoms with E-state index in [1.807, 2.05) is 0 Å². The number of rotatable bonds is 4. The average Bonchev–Trinajstić information content (AvgIpc) is 3.03. The first-order chi connectivity index (χ1) is 13.5. The maximum absolute atomic E-state index is 14.4. The first kappa shape index (κ1) is 20.6. The van der Waals surface area contributed by atoms with E-state index in [1.165, 1.54) is 15.8 Å². The van der Waals surface area contributed by atoms with E-state index in [2.05, 4.69) is 15.3 Å². The van der Waals surface area contributed by atoms with Crippen LogP contribution < -0.4 is 5.32 Å². The van der Waals surface area contributed by atoms with Crippen LogP contribution in [0.25, 0.3) is 11.0 Å². The second-order valence-electron chi connectivity index (χ2n) is 6.92. The molecule has 0 saturated heterocycles. The molecule has 0 fully saturated rings. The number of amides is 1. The number of hydrogen-bond acceptors (Lipinski definition) is 4. The summed E-state index contributed by atoms with van der Waals surface area (Å²) >= 11 is 0. The fraction of sp³-hybridized carbons (Fsp3) is 0.316. The fourth-order valence-electron chi connectivity index (χ4n) is 2.99. The number of aromatic nitrogens is 3. The van der Waals surface area contributed by atoms with E-state index >= 15 is 0 Å². The molecule has 0 aliphatic heterocycles. The van der Waals surface area contributed by atoms with Gasteiger partial charge in [0.1, 0.15) is 17.6 Å². The number of alkyl halides is 3. The van der Waals surface area contributed by atoms with Crippen molar-refractivity contribution in [2.24, 2.45) is 0 Å². The zero-order valence-corrected chi connectivity index (χ0v) is 16.2. The molecule has 1 N–H and O–H groups in total. The van der Waals surface area contributed by atoms with Gasteiger partial charge in [0, 0.05) is 19.8 Å². The van der Waals surface area contributed by atoms with Crippen molar-refractivity contribution >= 4 is 28.4 Å². The van der Waals surface area contributed by atoms with Gasteiger partial charge in [0.25, 0.3) is 0 Å². The molecule has 2 heterocycles. The minimum atomic E-state index is -4.45. The number of anilines is 2. The molecule has 3 aromatic rings. The van der Waals surface area contributed by atoms with Crippen LogP contribution in [0.1, 0.15) is 16.7 Å². The number of aryl methyl sites for hydroxylation is 2. The molecule has 0 bridgehead atoms. The zero-order chi connectivity index (χ0) is 21.5. The Morgan fingerprint density at radius 3 is 2.34 bits per heavy atom. The monoisotopic (exact) mass is 409 g/mol. The molecule has 0 spiro atoms. The summed E-state index contributed by atoms with van der Waals surface area (Å²) in [7, 11) is 3.17. The molecule has 10 heteroatoms. The first-order valence-electron chi connectivity index (χ1n) is 8.64. The van der Waals surface area contributed by atoms with Crippen LogP contribution in [-0.4, -0.2) is 39.4 Å². The van der Waals surface area contributed by atoms with Crippen LogP contribution in [0.4, 0.5) is 29.1 Å². The molecule has 29 heavy (non-hydrogen) atoms. The molecular weight excluding hydrogens is 390 g/mol. The lowest BCUT2D eigenvalue weighted by Gasteiger charge is -2.16. The van der Waals surface area contributed by atoms with E-state index in [0.29, 0.717) is 16.8 Å². The van der Waals surface area contributed by atoms with Crippen LogP contribution in [-0.2, 0) is 17.5 Å². The Balaban J connectivity index is 2.03. The second-order valence-corrected chi connectivity index (χ2v) is 6.92. The van der Waals surface area contributed by atoms with E-state index < -0.39 is 17.6 Å². The summed E-state index contributed by atoms with van der Waals surface area (Å²) in [6.45, 7) is 2.97. The summed E-state index contributed by atoms with van der Waals surface area (Å²) in [5, 5.41) is 2.96. The van der Waals surface area contributed by atoms with Crippen molar-refractivity contribution in [1.82, 2.24) is 19.4 Å². The number of likely N-dealkylation sites (N-methyl/N-ethyl adjacent to an activating group) is 1. The Morgan fingerprint density at radius 1 is 1.17 bits per heavy atom. The largest absolute Gasteiger partial charge is 0.416 e. The molecule has 1 amide bonds. The number of hydrogen-bond donors (Lipinski definition) is 1. The second kappa shape index (κ2) is 7.34. The maximum Gasteiger partial charge on any atom is 0.416 e. The summed E-state index contributed by atoms with van der Waals surface area (Å²) < 4.78 is 54.8. The molecule has 6 nitrogen and oxygen atoms in total. The van der Waals surface area contributed by atoms with E-state index in [0.717, 1.165) is 18.3 Å². The zero-order valence-electron chi connectivity index (χ0n) is 16.2. The van der Waals surface area contributed by atoms with Gasteiger partial charge in [-0.05, 0) is 37.1 Å². The number of halogens is 4.